The van der Waals surface area contributed by atoms with E-state index in [1.807, 2.05) is 54.6 Å². The Balaban J connectivity index is 1.25. The standard InChI is InChI=1S/C22H27N5O3/c28-22-26(20-8-6-19(7-9-20)25-13-16-29-17-14-25)18-24-27(22)12-10-23-11-15-30-21-4-2-1-3-5-21/h1-9,18,23H,10-17H2. The molecule has 2 aromatic carbocycles. The molecule has 1 fully saturated rings. The van der Waals surface area contributed by atoms with Crippen LogP contribution in [0.1, 0.15) is 0 Å². The lowest BCUT2D eigenvalue weighted by molar-refractivity contribution is 0.122. The molecule has 0 saturated carbocycles. The summed E-state index contributed by atoms with van der Waals surface area (Å²) >= 11 is 0. The molecule has 0 radical (unpaired) electrons. The highest BCUT2D eigenvalue weighted by Gasteiger charge is 2.12. The lowest BCUT2D eigenvalue weighted by Crippen LogP contribution is -2.36. The Morgan fingerprint density at radius 1 is 0.967 bits per heavy atom. The van der Waals surface area contributed by atoms with Crippen molar-refractivity contribution in [2.45, 2.75) is 6.54 Å². The van der Waals surface area contributed by atoms with Gasteiger partial charge in [0.05, 0.1) is 25.4 Å². The van der Waals surface area contributed by atoms with Gasteiger partial charge in [0.1, 0.15) is 18.7 Å². The van der Waals surface area contributed by atoms with Crippen molar-refractivity contribution in [3.05, 3.63) is 71.4 Å². The second-order valence-electron chi connectivity index (χ2n) is 7.03. The Morgan fingerprint density at radius 3 is 2.47 bits per heavy atom. The Labute approximate surface area is 175 Å². The molecule has 3 aromatic rings. The smallest absolute Gasteiger partial charge is 0.350 e. The average Bonchev–Trinajstić information content (AvgIpc) is 3.18. The van der Waals surface area contributed by atoms with Crippen LogP contribution in [0.2, 0.25) is 0 Å². The van der Waals surface area contributed by atoms with Crippen molar-refractivity contribution < 1.29 is 9.47 Å². The van der Waals surface area contributed by atoms with Crippen molar-refractivity contribution in [1.82, 2.24) is 19.7 Å². The molecule has 4 rings (SSSR count). The van der Waals surface area contributed by atoms with Crippen molar-refractivity contribution in [3.63, 3.8) is 0 Å². The van der Waals surface area contributed by atoms with Crippen molar-refractivity contribution in [2.24, 2.45) is 0 Å². The number of hydrogen-bond donors (Lipinski definition) is 1. The number of ether oxygens (including phenoxy) is 2. The van der Waals surface area contributed by atoms with Gasteiger partial charge in [-0.15, -0.1) is 0 Å². The molecule has 8 nitrogen and oxygen atoms in total. The van der Waals surface area contributed by atoms with Gasteiger partial charge in [0.15, 0.2) is 0 Å². The first-order chi connectivity index (χ1) is 14.8. The normalized spacial score (nSPS) is 14.1. The van der Waals surface area contributed by atoms with E-state index >= 15 is 0 Å². The molecule has 0 bridgehead atoms. The zero-order valence-corrected chi connectivity index (χ0v) is 16.9. The number of para-hydroxylation sites is 1. The first-order valence-corrected chi connectivity index (χ1v) is 10.3. The van der Waals surface area contributed by atoms with E-state index in [9.17, 15) is 4.79 Å². The molecule has 0 unspecified atom stereocenters. The Bertz CT molecular complexity index is 962. The van der Waals surface area contributed by atoms with Crippen molar-refractivity contribution >= 4 is 5.69 Å². The highest BCUT2D eigenvalue weighted by molar-refractivity contribution is 5.51. The molecular weight excluding hydrogens is 382 g/mol. The SMILES string of the molecule is O=c1n(-c2ccc(N3CCOCC3)cc2)cnn1CCNCCOc1ccccc1. The molecule has 0 amide bonds. The third-order valence-electron chi connectivity index (χ3n) is 5.03. The van der Waals surface area contributed by atoms with Gasteiger partial charge in [0.25, 0.3) is 0 Å². The van der Waals surface area contributed by atoms with E-state index in [4.69, 9.17) is 9.47 Å². The van der Waals surface area contributed by atoms with Gasteiger partial charge in [0.2, 0.25) is 0 Å². The number of rotatable bonds is 9. The molecule has 1 N–H and O–H groups in total. The van der Waals surface area contributed by atoms with Gasteiger partial charge in [-0.05, 0) is 36.4 Å². The summed E-state index contributed by atoms with van der Waals surface area (Å²) in [5, 5.41) is 7.51. The van der Waals surface area contributed by atoms with Crippen LogP contribution >= 0.6 is 0 Å². The summed E-state index contributed by atoms with van der Waals surface area (Å²) < 4.78 is 14.1. The van der Waals surface area contributed by atoms with Gasteiger partial charge in [-0.2, -0.15) is 5.10 Å². The van der Waals surface area contributed by atoms with E-state index < -0.39 is 0 Å². The number of morpholine rings is 1. The second-order valence-corrected chi connectivity index (χ2v) is 7.03. The maximum atomic E-state index is 12.6. The van der Waals surface area contributed by atoms with Crippen LogP contribution in [-0.2, 0) is 11.3 Å². The number of anilines is 1. The number of benzene rings is 2. The maximum Gasteiger partial charge on any atom is 0.350 e. The molecule has 1 aromatic heterocycles. The summed E-state index contributed by atoms with van der Waals surface area (Å²) in [6.45, 7) is 5.70. The van der Waals surface area contributed by atoms with Gasteiger partial charge >= 0.3 is 5.69 Å². The molecule has 0 aliphatic carbocycles. The van der Waals surface area contributed by atoms with E-state index in [0.717, 1.165) is 43.4 Å². The first kappa shape index (κ1) is 20.2. The quantitative estimate of drug-likeness (QED) is 0.541. The van der Waals surface area contributed by atoms with Crippen LogP contribution in [0.5, 0.6) is 5.75 Å². The molecule has 0 atom stereocenters. The van der Waals surface area contributed by atoms with Crippen LogP contribution < -0.4 is 20.6 Å². The zero-order chi connectivity index (χ0) is 20.6. The molecule has 1 aliphatic rings. The van der Waals surface area contributed by atoms with Crippen molar-refractivity contribution in [1.29, 1.82) is 0 Å². The molecule has 1 aliphatic heterocycles. The zero-order valence-electron chi connectivity index (χ0n) is 16.9. The van der Waals surface area contributed by atoms with Crippen LogP contribution in [0.3, 0.4) is 0 Å². The molecule has 0 spiro atoms. The van der Waals surface area contributed by atoms with Gasteiger partial charge in [-0.1, -0.05) is 18.2 Å². The summed E-state index contributed by atoms with van der Waals surface area (Å²) in [4.78, 5) is 14.9. The third-order valence-corrected chi connectivity index (χ3v) is 5.03. The minimum absolute atomic E-state index is 0.142. The fourth-order valence-electron chi connectivity index (χ4n) is 3.38. The van der Waals surface area contributed by atoms with Gasteiger partial charge in [-0.3, -0.25) is 0 Å². The predicted molar refractivity (Wildman–Crippen MR) is 116 cm³/mol. The van der Waals surface area contributed by atoms with Crippen LogP contribution in [0.15, 0.2) is 65.7 Å². The summed E-state index contributed by atoms with van der Waals surface area (Å²) in [5.41, 5.74) is 1.81. The van der Waals surface area contributed by atoms with Gasteiger partial charge < -0.3 is 19.7 Å². The molecule has 30 heavy (non-hydrogen) atoms. The van der Waals surface area contributed by atoms with E-state index in [2.05, 4.69) is 15.3 Å². The van der Waals surface area contributed by atoms with E-state index in [0.29, 0.717) is 26.2 Å². The van der Waals surface area contributed by atoms with E-state index in [1.54, 1.807) is 10.9 Å². The molecule has 1 saturated heterocycles. The lowest BCUT2D eigenvalue weighted by atomic mass is 10.2. The van der Waals surface area contributed by atoms with Crippen molar-refractivity contribution in [2.75, 3.05) is 50.9 Å². The number of hydrogen-bond acceptors (Lipinski definition) is 6. The highest BCUT2D eigenvalue weighted by Crippen LogP contribution is 2.17. The average molecular weight is 409 g/mol. The first-order valence-electron chi connectivity index (χ1n) is 10.3. The van der Waals surface area contributed by atoms with Gasteiger partial charge in [0, 0.05) is 31.9 Å². The Kier molecular flexibility index (Phi) is 6.79. The molecule has 2 heterocycles. The fourth-order valence-corrected chi connectivity index (χ4v) is 3.38. The molecule has 8 heteroatoms. The van der Waals surface area contributed by atoms with E-state index in [-0.39, 0.29) is 5.69 Å². The second kappa shape index (κ2) is 10.1. The maximum absolute atomic E-state index is 12.6. The summed E-state index contributed by atoms with van der Waals surface area (Å²) in [5.74, 6) is 0.855. The topological polar surface area (TPSA) is 73.5 Å². The third kappa shape index (κ3) is 5.08. The minimum atomic E-state index is -0.142. The number of nitrogens with zero attached hydrogens (tertiary/aromatic N) is 4. The highest BCUT2D eigenvalue weighted by atomic mass is 16.5. The van der Waals surface area contributed by atoms with Crippen LogP contribution in [0.4, 0.5) is 5.69 Å². The van der Waals surface area contributed by atoms with Crippen LogP contribution in [0, 0.1) is 0 Å². The summed E-state index contributed by atoms with van der Waals surface area (Å²) in [6, 6.07) is 17.7. The number of aromatic nitrogens is 3. The Morgan fingerprint density at radius 2 is 1.70 bits per heavy atom. The minimum Gasteiger partial charge on any atom is -0.492 e. The van der Waals surface area contributed by atoms with Gasteiger partial charge in [-0.25, -0.2) is 14.0 Å². The predicted octanol–water partition coefficient (Wildman–Crippen LogP) is 1.54. The molecule has 158 valence electrons. The van der Waals surface area contributed by atoms with Crippen LogP contribution in [0.25, 0.3) is 5.69 Å². The van der Waals surface area contributed by atoms with E-state index in [1.165, 1.54) is 4.68 Å². The Hall–Kier alpha value is -3.10. The van der Waals surface area contributed by atoms with Crippen molar-refractivity contribution in [3.8, 4) is 11.4 Å². The number of nitrogens with one attached hydrogen (secondary N) is 1. The fraction of sp³-hybridized carbons (Fsp3) is 0.364. The monoisotopic (exact) mass is 409 g/mol. The summed E-state index contributed by atoms with van der Waals surface area (Å²) in [6.07, 6.45) is 1.57. The van der Waals surface area contributed by atoms with Crippen LogP contribution in [-0.4, -0.2) is 60.3 Å². The summed E-state index contributed by atoms with van der Waals surface area (Å²) in [7, 11) is 0. The lowest BCUT2D eigenvalue weighted by Gasteiger charge is -2.28. The largest absolute Gasteiger partial charge is 0.492 e. The molecular formula is C22H27N5O3.